The predicted octanol–water partition coefficient (Wildman–Crippen LogP) is 2.93. The molecule has 0 fully saturated rings. The minimum atomic E-state index is -0.285. The zero-order chi connectivity index (χ0) is 14.7. The smallest absolute Gasteiger partial charge is 0.290 e. The lowest BCUT2D eigenvalue weighted by Gasteiger charge is -2.10. The number of nitrogens with zero attached hydrogens (tertiary/aromatic N) is 1. The highest BCUT2D eigenvalue weighted by Gasteiger charge is 2.16. The van der Waals surface area contributed by atoms with E-state index in [4.69, 9.17) is 23.2 Å². The zero-order valence-corrected chi connectivity index (χ0v) is 12.2. The molecule has 2 N–H and O–H groups in total. The molecule has 0 unspecified atom stereocenters. The van der Waals surface area contributed by atoms with Crippen molar-refractivity contribution in [3.8, 4) is 5.75 Å². The lowest BCUT2D eigenvalue weighted by molar-refractivity contribution is -0.684. The van der Waals surface area contributed by atoms with Crippen LogP contribution in [0, 0.1) is 6.92 Å². The molecule has 1 amide bonds. The number of rotatable bonds is 3. The second kappa shape index (κ2) is 6.11. The fourth-order valence-electron chi connectivity index (χ4n) is 1.69. The molecule has 4 nitrogen and oxygen atoms in total. The number of benzene rings is 1. The second-order valence-corrected chi connectivity index (χ2v) is 5.07. The molecule has 0 aliphatic heterocycles. The van der Waals surface area contributed by atoms with E-state index in [2.05, 4.69) is 5.32 Å². The Morgan fingerprint density at radius 1 is 1.30 bits per heavy atom. The van der Waals surface area contributed by atoms with Crippen molar-refractivity contribution in [3.63, 3.8) is 0 Å². The van der Waals surface area contributed by atoms with E-state index in [9.17, 15) is 9.90 Å². The number of aromatic hydroxyl groups is 1. The van der Waals surface area contributed by atoms with E-state index in [0.717, 1.165) is 0 Å². The topological polar surface area (TPSA) is 53.2 Å². The first-order chi connectivity index (χ1) is 9.49. The van der Waals surface area contributed by atoms with Crippen molar-refractivity contribution in [2.24, 2.45) is 0 Å². The monoisotopic (exact) mass is 311 g/mol. The van der Waals surface area contributed by atoms with Gasteiger partial charge in [0.2, 0.25) is 6.54 Å². The SMILES string of the molecule is Cc1c(Cl)cc(NC(=O)C[n+]2ccccc2)c(O)c1Cl. The second-order valence-electron chi connectivity index (χ2n) is 4.29. The number of nitrogens with one attached hydrogen (secondary N) is 1. The van der Waals surface area contributed by atoms with Gasteiger partial charge >= 0.3 is 0 Å². The van der Waals surface area contributed by atoms with Crippen molar-refractivity contribution in [1.29, 1.82) is 0 Å². The average Bonchev–Trinajstić information content (AvgIpc) is 2.43. The molecule has 1 aromatic heterocycles. The number of pyridine rings is 1. The molecule has 6 heteroatoms. The Kier molecular flexibility index (Phi) is 4.47. The molecule has 0 bridgehead atoms. The largest absolute Gasteiger partial charge is 0.504 e. The fourth-order valence-corrected chi connectivity index (χ4v) is 2.15. The lowest BCUT2D eigenvalue weighted by atomic mass is 10.2. The summed E-state index contributed by atoms with van der Waals surface area (Å²) in [6.45, 7) is 1.82. The molecule has 0 spiro atoms. The summed E-state index contributed by atoms with van der Waals surface area (Å²) in [5, 5.41) is 13.0. The average molecular weight is 312 g/mol. The number of hydrogen-bond donors (Lipinski definition) is 2. The van der Waals surface area contributed by atoms with Gasteiger partial charge in [0.05, 0.1) is 10.7 Å². The van der Waals surface area contributed by atoms with Crippen molar-refractivity contribution < 1.29 is 14.5 Å². The van der Waals surface area contributed by atoms with Gasteiger partial charge in [-0.25, -0.2) is 0 Å². The Bertz CT molecular complexity index is 645. The van der Waals surface area contributed by atoms with Crippen molar-refractivity contribution in [2.75, 3.05) is 5.32 Å². The van der Waals surface area contributed by atoms with Gasteiger partial charge in [0.1, 0.15) is 0 Å². The molecule has 1 aromatic carbocycles. The Morgan fingerprint density at radius 3 is 2.60 bits per heavy atom. The number of phenolic OH excluding ortho intramolecular Hbond substituents is 1. The summed E-state index contributed by atoms with van der Waals surface area (Å²) < 4.78 is 1.71. The van der Waals surface area contributed by atoms with Crippen molar-refractivity contribution in [3.05, 3.63) is 52.3 Å². The predicted molar refractivity (Wildman–Crippen MR) is 78.1 cm³/mol. The van der Waals surface area contributed by atoms with Crippen LogP contribution in [0.3, 0.4) is 0 Å². The number of anilines is 1. The van der Waals surface area contributed by atoms with Gasteiger partial charge < -0.3 is 10.4 Å². The highest BCUT2D eigenvalue weighted by molar-refractivity contribution is 6.37. The Balaban J connectivity index is 2.16. The van der Waals surface area contributed by atoms with Crippen LogP contribution in [-0.2, 0) is 11.3 Å². The summed E-state index contributed by atoms with van der Waals surface area (Å²) in [5.74, 6) is -0.465. The van der Waals surface area contributed by atoms with Gasteiger partial charge in [-0.3, -0.25) is 4.79 Å². The molecule has 0 aliphatic rings. The molecular weight excluding hydrogens is 299 g/mol. The molecule has 2 aromatic rings. The molecular formula is C14H13Cl2N2O2+. The van der Waals surface area contributed by atoms with Crippen LogP contribution in [0.1, 0.15) is 5.56 Å². The molecule has 2 rings (SSSR count). The summed E-state index contributed by atoms with van der Waals surface area (Å²) in [6, 6.07) is 6.99. The van der Waals surface area contributed by atoms with Crippen LogP contribution >= 0.6 is 23.2 Å². The Labute approximate surface area is 126 Å². The highest BCUT2D eigenvalue weighted by atomic mass is 35.5. The quantitative estimate of drug-likeness (QED) is 0.676. The normalized spacial score (nSPS) is 10.3. The molecule has 0 saturated carbocycles. The summed E-state index contributed by atoms with van der Waals surface area (Å²) in [6.07, 6.45) is 3.54. The third kappa shape index (κ3) is 3.21. The summed E-state index contributed by atoms with van der Waals surface area (Å²) >= 11 is 11.9. The maximum Gasteiger partial charge on any atom is 0.290 e. The van der Waals surface area contributed by atoms with Crippen LogP contribution in [0.25, 0.3) is 0 Å². The van der Waals surface area contributed by atoms with Gasteiger partial charge in [-0.1, -0.05) is 29.3 Å². The van der Waals surface area contributed by atoms with Crippen LogP contribution in [0.4, 0.5) is 5.69 Å². The third-order valence-electron chi connectivity index (χ3n) is 2.80. The van der Waals surface area contributed by atoms with Gasteiger partial charge in [0.15, 0.2) is 18.1 Å². The van der Waals surface area contributed by atoms with Gasteiger partial charge in [0.25, 0.3) is 5.91 Å². The first-order valence-corrected chi connectivity index (χ1v) is 6.66. The Morgan fingerprint density at radius 2 is 1.95 bits per heavy atom. The van der Waals surface area contributed by atoms with E-state index in [0.29, 0.717) is 10.6 Å². The first-order valence-electron chi connectivity index (χ1n) is 5.90. The molecule has 104 valence electrons. The number of carbonyl (C=O) groups is 1. The molecule has 1 heterocycles. The highest BCUT2D eigenvalue weighted by Crippen LogP contribution is 2.38. The zero-order valence-electron chi connectivity index (χ0n) is 10.7. The van der Waals surface area contributed by atoms with Crippen molar-refractivity contribution in [1.82, 2.24) is 0 Å². The molecule has 0 atom stereocenters. The standard InChI is InChI=1S/C14H12Cl2N2O2/c1-9-10(15)7-11(14(20)13(9)16)17-12(19)8-18-5-3-2-4-6-18/h2-7H,8H2,1H3,(H-,17,19,20)/p+1. The minimum absolute atomic E-state index is 0.128. The molecule has 0 radical (unpaired) electrons. The lowest BCUT2D eigenvalue weighted by Crippen LogP contribution is -2.39. The van der Waals surface area contributed by atoms with E-state index < -0.39 is 0 Å². The number of hydrogen-bond acceptors (Lipinski definition) is 2. The van der Waals surface area contributed by atoms with E-state index >= 15 is 0 Å². The summed E-state index contributed by atoms with van der Waals surface area (Å²) in [4.78, 5) is 11.9. The van der Waals surface area contributed by atoms with E-state index in [-0.39, 0.29) is 28.9 Å². The number of phenols is 1. The van der Waals surface area contributed by atoms with Crippen LogP contribution in [0.15, 0.2) is 36.7 Å². The number of carbonyl (C=O) groups excluding carboxylic acids is 1. The number of halogens is 2. The van der Waals surface area contributed by atoms with Gasteiger partial charge in [-0.15, -0.1) is 0 Å². The maximum absolute atomic E-state index is 11.9. The van der Waals surface area contributed by atoms with E-state index in [1.165, 1.54) is 6.07 Å². The first kappa shape index (κ1) is 14.6. The summed E-state index contributed by atoms with van der Waals surface area (Å²) in [7, 11) is 0. The van der Waals surface area contributed by atoms with Crippen LogP contribution in [0.5, 0.6) is 5.75 Å². The minimum Gasteiger partial charge on any atom is -0.504 e. The van der Waals surface area contributed by atoms with Crippen LogP contribution in [0.2, 0.25) is 10.0 Å². The number of aromatic nitrogens is 1. The maximum atomic E-state index is 11.9. The fraction of sp³-hybridized carbons (Fsp3) is 0.143. The van der Waals surface area contributed by atoms with E-state index in [1.807, 2.05) is 18.2 Å². The van der Waals surface area contributed by atoms with Crippen molar-refractivity contribution >= 4 is 34.8 Å². The molecule has 0 saturated heterocycles. The van der Waals surface area contributed by atoms with Crippen molar-refractivity contribution in [2.45, 2.75) is 13.5 Å². The Hall–Kier alpha value is -1.78. The van der Waals surface area contributed by atoms with Crippen LogP contribution < -0.4 is 9.88 Å². The van der Waals surface area contributed by atoms with Gasteiger partial charge in [-0.05, 0) is 18.6 Å². The number of amides is 1. The van der Waals surface area contributed by atoms with Crippen LogP contribution in [-0.4, -0.2) is 11.0 Å². The molecule has 0 aliphatic carbocycles. The third-order valence-corrected chi connectivity index (χ3v) is 3.65. The van der Waals surface area contributed by atoms with Gasteiger partial charge in [0, 0.05) is 17.2 Å². The molecule has 20 heavy (non-hydrogen) atoms. The summed E-state index contributed by atoms with van der Waals surface area (Å²) in [5.41, 5.74) is 0.772. The van der Waals surface area contributed by atoms with E-state index in [1.54, 1.807) is 23.9 Å². The van der Waals surface area contributed by atoms with Gasteiger partial charge in [-0.2, -0.15) is 4.57 Å².